The number of nitrogens with one attached hydrogen (secondary N) is 1. The number of piperazine rings is 1. The third kappa shape index (κ3) is 4.95. The molecule has 24 heavy (non-hydrogen) atoms. The molecule has 2 rings (SSSR count). The molecule has 0 bridgehead atoms. The zero-order valence-electron chi connectivity index (χ0n) is 14.6. The number of benzene rings is 1. The maximum atomic E-state index is 11.9. The van der Waals surface area contributed by atoms with Crippen LogP contribution >= 0.6 is 0 Å². The number of sulfone groups is 1. The van der Waals surface area contributed by atoms with Gasteiger partial charge < -0.3 is 10.2 Å². The van der Waals surface area contributed by atoms with Gasteiger partial charge in [-0.2, -0.15) is 0 Å². The van der Waals surface area contributed by atoms with Crippen molar-refractivity contribution in [2.75, 3.05) is 43.9 Å². The molecule has 7 heteroatoms. The van der Waals surface area contributed by atoms with Gasteiger partial charge in [0.05, 0.1) is 0 Å². The highest BCUT2D eigenvalue weighted by atomic mass is 32.2. The molecule has 1 aromatic rings. The van der Waals surface area contributed by atoms with Gasteiger partial charge in [0.15, 0.2) is 9.84 Å². The van der Waals surface area contributed by atoms with Crippen LogP contribution in [0.5, 0.6) is 0 Å². The van der Waals surface area contributed by atoms with Crippen molar-refractivity contribution in [1.29, 1.82) is 0 Å². The summed E-state index contributed by atoms with van der Waals surface area (Å²) in [5.74, 6) is -0.424. The molecule has 0 saturated carbocycles. The summed E-state index contributed by atoms with van der Waals surface area (Å²) in [6.07, 6.45) is 1.09. The first-order valence-corrected chi connectivity index (χ1v) is 10.2. The van der Waals surface area contributed by atoms with Crippen molar-refractivity contribution >= 4 is 21.4 Å². The summed E-state index contributed by atoms with van der Waals surface area (Å²) >= 11 is 0. The highest BCUT2D eigenvalue weighted by molar-refractivity contribution is 7.92. The first-order chi connectivity index (χ1) is 11.3. The molecule has 1 fully saturated rings. The Bertz CT molecular complexity index is 640. The topological polar surface area (TPSA) is 69.7 Å². The molecule has 1 aliphatic heterocycles. The standard InChI is InChI=1S/C17H27N3O3S/c1-14(13-18-17(21)15(2)24(3,22)23)19-9-11-20(12-10-19)16-7-5-4-6-8-16/h4-8,14-15H,9-13H2,1-3H3,(H,18,21). The number of hydrogen-bond donors (Lipinski definition) is 1. The fraction of sp³-hybridized carbons (Fsp3) is 0.588. The normalized spacial score (nSPS) is 18.9. The Labute approximate surface area is 144 Å². The zero-order valence-corrected chi connectivity index (χ0v) is 15.4. The smallest absolute Gasteiger partial charge is 0.238 e. The van der Waals surface area contributed by atoms with Crippen LogP contribution in [0.15, 0.2) is 30.3 Å². The summed E-state index contributed by atoms with van der Waals surface area (Å²) in [5.41, 5.74) is 1.24. The van der Waals surface area contributed by atoms with E-state index in [-0.39, 0.29) is 6.04 Å². The molecule has 0 radical (unpaired) electrons. The molecule has 0 spiro atoms. The second-order valence-electron chi connectivity index (χ2n) is 6.42. The minimum absolute atomic E-state index is 0.179. The minimum atomic E-state index is -3.35. The van der Waals surface area contributed by atoms with Crippen molar-refractivity contribution in [1.82, 2.24) is 10.2 Å². The first kappa shape index (κ1) is 18.7. The van der Waals surface area contributed by atoms with Gasteiger partial charge in [0.25, 0.3) is 0 Å². The Morgan fingerprint density at radius 2 is 1.71 bits per heavy atom. The predicted molar refractivity (Wildman–Crippen MR) is 97.0 cm³/mol. The molecule has 6 nitrogen and oxygen atoms in total. The molecule has 2 atom stereocenters. The Kier molecular flexibility index (Phi) is 6.23. The number of anilines is 1. The van der Waals surface area contributed by atoms with Crippen LogP contribution in [0.3, 0.4) is 0 Å². The van der Waals surface area contributed by atoms with Crippen molar-refractivity contribution in [3.05, 3.63) is 30.3 Å². The van der Waals surface area contributed by atoms with Crippen LogP contribution in [0.25, 0.3) is 0 Å². The van der Waals surface area contributed by atoms with Gasteiger partial charge in [-0.3, -0.25) is 9.69 Å². The minimum Gasteiger partial charge on any atom is -0.369 e. The quantitative estimate of drug-likeness (QED) is 0.817. The van der Waals surface area contributed by atoms with E-state index in [1.54, 1.807) is 0 Å². The third-order valence-corrected chi connectivity index (χ3v) is 6.14. The number of rotatable bonds is 6. The maximum absolute atomic E-state index is 11.9. The van der Waals surface area contributed by atoms with Crippen molar-refractivity contribution < 1.29 is 13.2 Å². The van der Waals surface area contributed by atoms with Crippen LogP contribution in [0.1, 0.15) is 13.8 Å². The molecule has 1 amide bonds. The van der Waals surface area contributed by atoms with E-state index in [1.807, 2.05) is 18.2 Å². The Morgan fingerprint density at radius 1 is 1.12 bits per heavy atom. The second kappa shape index (κ2) is 7.98. The Morgan fingerprint density at radius 3 is 2.25 bits per heavy atom. The van der Waals surface area contributed by atoms with Crippen molar-refractivity contribution in [2.24, 2.45) is 0 Å². The van der Waals surface area contributed by atoms with Gasteiger partial charge in [0.1, 0.15) is 5.25 Å². The maximum Gasteiger partial charge on any atom is 0.238 e. The van der Waals surface area contributed by atoms with Crippen molar-refractivity contribution in [3.63, 3.8) is 0 Å². The summed E-state index contributed by atoms with van der Waals surface area (Å²) in [6, 6.07) is 10.5. The molecule has 1 heterocycles. The van der Waals surface area contributed by atoms with Crippen LogP contribution in [-0.4, -0.2) is 69.5 Å². The lowest BCUT2D eigenvalue weighted by Gasteiger charge is -2.39. The number of carbonyl (C=O) groups excluding carboxylic acids is 1. The van der Waals surface area contributed by atoms with Crippen LogP contribution in [0.2, 0.25) is 0 Å². The van der Waals surface area contributed by atoms with E-state index in [1.165, 1.54) is 12.6 Å². The fourth-order valence-corrected chi connectivity index (χ4v) is 3.25. The molecule has 1 aliphatic rings. The first-order valence-electron chi connectivity index (χ1n) is 8.29. The largest absolute Gasteiger partial charge is 0.369 e. The molecule has 1 saturated heterocycles. The highest BCUT2D eigenvalue weighted by Gasteiger charge is 2.25. The van der Waals surface area contributed by atoms with Gasteiger partial charge in [-0.15, -0.1) is 0 Å². The number of nitrogens with zero attached hydrogens (tertiary/aromatic N) is 2. The van der Waals surface area contributed by atoms with E-state index >= 15 is 0 Å². The fourth-order valence-electron chi connectivity index (χ4n) is 2.78. The predicted octanol–water partition coefficient (Wildman–Crippen LogP) is 0.746. The molecule has 0 aromatic heterocycles. The lowest BCUT2D eigenvalue weighted by atomic mass is 10.2. The van der Waals surface area contributed by atoms with Crippen LogP contribution in [0, 0.1) is 0 Å². The van der Waals surface area contributed by atoms with Crippen molar-refractivity contribution in [2.45, 2.75) is 25.1 Å². The van der Waals surface area contributed by atoms with Gasteiger partial charge in [-0.25, -0.2) is 8.42 Å². The Balaban J connectivity index is 1.79. The van der Waals surface area contributed by atoms with Gasteiger partial charge in [-0.05, 0) is 26.0 Å². The highest BCUT2D eigenvalue weighted by Crippen LogP contribution is 2.16. The van der Waals surface area contributed by atoms with E-state index in [4.69, 9.17) is 0 Å². The molecule has 2 unspecified atom stereocenters. The monoisotopic (exact) mass is 353 g/mol. The molecule has 0 aliphatic carbocycles. The SMILES string of the molecule is CC(CNC(=O)C(C)S(C)(=O)=O)N1CCN(c2ccccc2)CC1. The summed E-state index contributed by atoms with van der Waals surface area (Å²) in [7, 11) is -3.35. The lowest BCUT2D eigenvalue weighted by Crippen LogP contribution is -2.53. The summed E-state index contributed by atoms with van der Waals surface area (Å²) in [5, 5.41) is 1.76. The average Bonchev–Trinajstić information content (AvgIpc) is 2.58. The summed E-state index contributed by atoms with van der Waals surface area (Å²) in [4.78, 5) is 16.6. The Hall–Kier alpha value is -1.60. The molecule has 1 aromatic carbocycles. The number of hydrogen-bond acceptors (Lipinski definition) is 5. The molecular formula is C17H27N3O3S. The van der Waals surface area contributed by atoms with E-state index in [0.717, 1.165) is 32.4 Å². The molecular weight excluding hydrogens is 326 g/mol. The van der Waals surface area contributed by atoms with E-state index in [0.29, 0.717) is 6.54 Å². The van der Waals surface area contributed by atoms with Gasteiger partial charge in [0.2, 0.25) is 5.91 Å². The van der Waals surface area contributed by atoms with E-state index in [9.17, 15) is 13.2 Å². The van der Waals surface area contributed by atoms with Crippen LogP contribution in [0.4, 0.5) is 5.69 Å². The van der Waals surface area contributed by atoms with Crippen LogP contribution in [-0.2, 0) is 14.6 Å². The zero-order chi connectivity index (χ0) is 17.7. The van der Waals surface area contributed by atoms with E-state index < -0.39 is 21.0 Å². The average molecular weight is 353 g/mol. The summed E-state index contributed by atoms with van der Waals surface area (Å²) < 4.78 is 22.8. The van der Waals surface area contributed by atoms with Crippen molar-refractivity contribution in [3.8, 4) is 0 Å². The van der Waals surface area contributed by atoms with E-state index in [2.05, 4.69) is 34.2 Å². The molecule has 134 valence electrons. The van der Waals surface area contributed by atoms with Gasteiger partial charge in [-0.1, -0.05) is 18.2 Å². The molecule has 1 N–H and O–H groups in total. The third-order valence-electron chi connectivity index (χ3n) is 4.64. The van der Waals surface area contributed by atoms with Crippen LogP contribution < -0.4 is 10.2 Å². The summed E-state index contributed by atoms with van der Waals surface area (Å²) in [6.45, 7) is 7.69. The second-order valence-corrected chi connectivity index (χ2v) is 8.79. The number of carbonyl (C=O) groups is 1. The van der Waals surface area contributed by atoms with Gasteiger partial charge in [0, 0.05) is 50.7 Å². The number of para-hydroxylation sites is 1. The lowest BCUT2D eigenvalue weighted by molar-refractivity contribution is -0.120. The number of amides is 1. The van der Waals surface area contributed by atoms with Gasteiger partial charge >= 0.3 is 0 Å².